The van der Waals surface area contributed by atoms with Gasteiger partial charge in [0.15, 0.2) is 9.84 Å². The predicted molar refractivity (Wildman–Crippen MR) is 124 cm³/mol. The van der Waals surface area contributed by atoms with E-state index in [1.165, 1.54) is 31.6 Å². The molecule has 37 heavy (non-hydrogen) atoms. The van der Waals surface area contributed by atoms with Gasteiger partial charge in [-0.2, -0.15) is 13.2 Å². The van der Waals surface area contributed by atoms with Crippen molar-refractivity contribution < 1.29 is 45.0 Å². The molecular weight excluding hydrogens is 520 g/mol. The van der Waals surface area contributed by atoms with Gasteiger partial charge in [-0.15, -0.1) is 0 Å². The Morgan fingerprint density at radius 2 is 1.73 bits per heavy atom. The quantitative estimate of drug-likeness (QED) is 0.328. The van der Waals surface area contributed by atoms with Gasteiger partial charge in [-0.1, -0.05) is 0 Å². The van der Waals surface area contributed by atoms with Crippen molar-refractivity contribution in [2.45, 2.75) is 11.1 Å². The summed E-state index contributed by atoms with van der Waals surface area (Å²) < 4.78 is 88.4. The summed E-state index contributed by atoms with van der Waals surface area (Å²) in [5.74, 6) is -2.62. The molecule has 1 heterocycles. The number of nitrogens with zero attached hydrogens (tertiary/aromatic N) is 2. The number of hydrogen-bond donors (Lipinski definition) is 0. The molecule has 0 radical (unpaired) electrons. The van der Waals surface area contributed by atoms with Crippen LogP contribution in [0.2, 0.25) is 0 Å². The molecule has 0 unspecified atom stereocenters. The molecule has 8 nitrogen and oxygen atoms in total. The second-order valence-corrected chi connectivity index (χ2v) is 9.74. The lowest BCUT2D eigenvalue weighted by atomic mass is 10.0. The van der Waals surface area contributed by atoms with Crippen LogP contribution in [0, 0.1) is 5.82 Å². The molecule has 0 atom stereocenters. The Balaban J connectivity index is 2.26. The Labute approximate surface area is 209 Å². The minimum absolute atomic E-state index is 0.0545. The average Bonchev–Trinajstić information content (AvgIpc) is 2.85. The summed E-state index contributed by atoms with van der Waals surface area (Å²) in [5, 5.41) is 0. The van der Waals surface area contributed by atoms with Crippen molar-refractivity contribution in [2.24, 2.45) is 0 Å². The highest BCUT2D eigenvalue weighted by Crippen LogP contribution is 2.38. The van der Waals surface area contributed by atoms with Crippen LogP contribution in [0.5, 0.6) is 5.75 Å². The summed E-state index contributed by atoms with van der Waals surface area (Å²) in [4.78, 5) is 29.8. The van der Waals surface area contributed by atoms with Crippen molar-refractivity contribution in [1.29, 1.82) is 0 Å². The van der Waals surface area contributed by atoms with E-state index in [1.807, 2.05) is 0 Å². The summed E-state index contributed by atoms with van der Waals surface area (Å²) in [6.07, 6.45) is -1.76. The summed E-state index contributed by atoms with van der Waals surface area (Å²) >= 11 is 0. The van der Waals surface area contributed by atoms with E-state index in [0.717, 1.165) is 30.2 Å². The minimum atomic E-state index is -4.97. The zero-order valence-corrected chi connectivity index (χ0v) is 20.5. The van der Waals surface area contributed by atoms with Crippen LogP contribution in [-0.4, -0.2) is 52.3 Å². The largest absolute Gasteiger partial charge is 0.496 e. The lowest BCUT2D eigenvalue weighted by Crippen LogP contribution is -2.37. The Hall–Kier alpha value is -4.00. The number of carbonyl (C=O) groups excluding carboxylic acids is 2. The van der Waals surface area contributed by atoms with Crippen LogP contribution in [0.4, 0.5) is 23.2 Å². The molecule has 0 aliphatic carbocycles. The number of benzene rings is 2. The number of esters is 1. The van der Waals surface area contributed by atoms with Crippen molar-refractivity contribution in [3.8, 4) is 16.9 Å². The van der Waals surface area contributed by atoms with Crippen molar-refractivity contribution >= 4 is 27.4 Å². The first-order chi connectivity index (χ1) is 17.3. The van der Waals surface area contributed by atoms with Gasteiger partial charge in [0.1, 0.15) is 18.1 Å². The first kappa shape index (κ1) is 27.6. The summed E-state index contributed by atoms with van der Waals surface area (Å²) in [6.45, 7) is -0.762. The number of pyridine rings is 1. The van der Waals surface area contributed by atoms with E-state index in [-0.39, 0.29) is 22.6 Å². The van der Waals surface area contributed by atoms with Gasteiger partial charge in [0.25, 0.3) is 5.91 Å². The predicted octanol–water partition coefficient (Wildman–Crippen LogP) is 4.14. The Kier molecular flexibility index (Phi) is 7.86. The van der Waals surface area contributed by atoms with Crippen LogP contribution in [0.25, 0.3) is 11.1 Å². The highest BCUT2D eigenvalue weighted by Gasteiger charge is 2.34. The second-order valence-electron chi connectivity index (χ2n) is 7.72. The van der Waals surface area contributed by atoms with Gasteiger partial charge in [0.05, 0.1) is 36.6 Å². The molecule has 2 aromatic carbocycles. The highest BCUT2D eigenvalue weighted by atomic mass is 32.2. The standard InChI is InChI=1S/C24H20F4N2O6S/c1-35-21-11-16(25)4-5-19(21)18-6-7-29-12-20(18)30(13-22(31)36-2)23(32)14-8-15(24(26,27)28)10-17(9-14)37(3,33)34/h4-12H,13H2,1-3H3. The van der Waals surface area contributed by atoms with Gasteiger partial charge in [0.2, 0.25) is 0 Å². The van der Waals surface area contributed by atoms with E-state index in [2.05, 4.69) is 9.72 Å². The molecule has 0 bridgehead atoms. The third-order valence-electron chi connectivity index (χ3n) is 5.21. The molecule has 3 rings (SSSR count). The van der Waals surface area contributed by atoms with Gasteiger partial charge in [0, 0.05) is 35.2 Å². The molecule has 0 fully saturated rings. The molecule has 196 valence electrons. The second kappa shape index (κ2) is 10.5. The Bertz CT molecular complexity index is 1460. The molecular formula is C24H20F4N2O6S. The Morgan fingerprint density at radius 1 is 1.03 bits per heavy atom. The third-order valence-corrected chi connectivity index (χ3v) is 6.31. The zero-order chi connectivity index (χ0) is 27.5. The van der Waals surface area contributed by atoms with Crippen LogP contribution >= 0.6 is 0 Å². The van der Waals surface area contributed by atoms with Crippen molar-refractivity contribution in [2.75, 3.05) is 31.9 Å². The van der Waals surface area contributed by atoms with Crippen LogP contribution in [0.15, 0.2) is 59.8 Å². The number of ether oxygens (including phenoxy) is 2. The lowest BCUT2D eigenvalue weighted by molar-refractivity contribution is -0.139. The lowest BCUT2D eigenvalue weighted by Gasteiger charge is -2.25. The summed E-state index contributed by atoms with van der Waals surface area (Å²) in [7, 11) is -1.82. The van der Waals surface area contributed by atoms with E-state index in [4.69, 9.17) is 4.74 Å². The number of aromatic nitrogens is 1. The SMILES string of the molecule is COC(=O)CN(C(=O)c1cc(C(F)(F)F)cc(S(C)(=O)=O)c1)c1cnccc1-c1ccc(F)cc1OC. The van der Waals surface area contributed by atoms with E-state index < -0.39 is 56.3 Å². The van der Waals surface area contributed by atoms with E-state index in [1.54, 1.807) is 0 Å². The number of carbonyl (C=O) groups is 2. The van der Waals surface area contributed by atoms with Crippen molar-refractivity contribution in [3.05, 3.63) is 71.8 Å². The number of halogens is 4. The third kappa shape index (κ3) is 6.23. The molecule has 0 saturated heterocycles. The number of anilines is 1. The van der Waals surface area contributed by atoms with E-state index >= 15 is 0 Å². The van der Waals surface area contributed by atoms with Gasteiger partial charge in [-0.05, 0) is 36.4 Å². The highest BCUT2D eigenvalue weighted by molar-refractivity contribution is 7.90. The van der Waals surface area contributed by atoms with Crippen LogP contribution in [0.1, 0.15) is 15.9 Å². The number of rotatable bonds is 7. The minimum Gasteiger partial charge on any atom is -0.496 e. The smallest absolute Gasteiger partial charge is 0.416 e. The van der Waals surface area contributed by atoms with E-state index in [9.17, 15) is 35.6 Å². The molecule has 0 aliphatic heterocycles. The first-order valence-corrected chi connectivity index (χ1v) is 12.2. The molecule has 3 aromatic rings. The summed E-state index contributed by atoms with van der Waals surface area (Å²) in [6, 6.07) is 6.66. The molecule has 0 N–H and O–H groups in total. The summed E-state index contributed by atoms with van der Waals surface area (Å²) in [5.41, 5.74) is -1.58. The maximum absolute atomic E-state index is 13.8. The fourth-order valence-corrected chi connectivity index (χ4v) is 4.11. The van der Waals surface area contributed by atoms with Gasteiger partial charge < -0.3 is 9.47 Å². The van der Waals surface area contributed by atoms with Gasteiger partial charge >= 0.3 is 12.1 Å². The maximum atomic E-state index is 13.8. The molecule has 13 heteroatoms. The number of sulfone groups is 1. The zero-order valence-electron chi connectivity index (χ0n) is 19.7. The topological polar surface area (TPSA) is 103 Å². The van der Waals surface area contributed by atoms with Crippen molar-refractivity contribution in [1.82, 2.24) is 4.98 Å². The average molecular weight is 540 g/mol. The monoisotopic (exact) mass is 540 g/mol. The molecule has 0 spiro atoms. The van der Waals surface area contributed by atoms with Gasteiger partial charge in [-0.3, -0.25) is 19.5 Å². The maximum Gasteiger partial charge on any atom is 0.416 e. The van der Waals surface area contributed by atoms with Crippen LogP contribution in [0.3, 0.4) is 0 Å². The molecule has 0 saturated carbocycles. The van der Waals surface area contributed by atoms with Crippen molar-refractivity contribution in [3.63, 3.8) is 0 Å². The fraction of sp³-hybridized carbons (Fsp3) is 0.208. The Morgan fingerprint density at radius 3 is 2.32 bits per heavy atom. The normalized spacial score (nSPS) is 11.6. The van der Waals surface area contributed by atoms with Crippen LogP contribution < -0.4 is 9.64 Å². The van der Waals surface area contributed by atoms with E-state index in [0.29, 0.717) is 18.4 Å². The van der Waals surface area contributed by atoms with Gasteiger partial charge in [-0.25, -0.2) is 12.8 Å². The molecule has 1 amide bonds. The van der Waals surface area contributed by atoms with Crippen LogP contribution in [-0.2, 0) is 25.5 Å². The molecule has 1 aromatic heterocycles. The number of hydrogen-bond acceptors (Lipinski definition) is 7. The number of methoxy groups -OCH3 is 2. The number of amides is 1. The first-order valence-electron chi connectivity index (χ1n) is 10.3. The number of alkyl halides is 3. The molecule has 0 aliphatic rings. The fourth-order valence-electron chi connectivity index (χ4n) is 3.43.